The van der Waals surface area contributed by atoms with E-state index in [1.54, 1.807) is 30.3 Å². The Labute approximate surface area is 186 Å². The van der Waals surface area contributed by atoms with E-state index in [4.69, 9.17) is 9.47 Å². The molecule has 1 aliphatic rings. The highest BCUT2D eigenvalue weighted by molar-refractivity contribution is 5.95. The average Bonchev–Trinajstić information content (AvgIpc) is 3.18. The van der Waals surface area contributed by atoms with Gasteiger partial charge in [-0.2, -0.15) is 0 Å². The molecule has 1 saturated heterocycles. The van der Waals surface area contributed by atoms with Crippen molar-refractivity contribution in [1.82, 2.24) is 14.9 Å². The molecule has 0 saturated carbocycles. The van der Waals surface area contributed by atoms with Crippen LogP contribution >= 0.6 is 0 Å². The van der Waals surface area contributed by atoms with E-state index in [2.05, 4.69) is 9.97 Å². The molecule has 170 valence electrons. The summed E-state index contributed by atoms with van der Waals surface area (Å²) in [7, 11) is 1.54. The van der Waals surface area contributed by atoms with Gasteiger partial charge < -0.3 is 24.5 Å². The lowest BCUT2D eigenvalue weighted by atomic mass is 9.88. The van der Waals surface area contributed by atoms with Crippen molar-refractivity contribution in [3.05, 3.63) is 48.0 Å². The van der Waals surface area contributed by atoms with Gasteiger partial charge in [0.15, 0.2) is 0 Å². The number of ether oxygens (including phenoxy) is 2. The molecular weight excluding hydrogens is 413 g/mol. The number of carbonyl (C=O) groups excluding carboxylic acids is 1. The lowest BCUT2D eigenvalue weighted by molar-refractivity contribution is -0.0377. The molecule has 0 bridgehead atoms. The molecule has 7 nitrogen and oxygen atoms in total. The van der Waals surface area contributed by atoms with E-state index in [1.165, 1.54) is 12.1 Å². The Morgan fingerprint density at radius 3 is 2.56 bits per heavy atom. The van der Waals surface area contributed by atoms with E-state index in [-0.39, 0.29) is 11.9 Å². The zero-order chi connectivity index (χ0) is 23.1. The van der Waals surface area contributed by atoms with Crippen molar-refractivity contribution >= 4 is 17.1 Å². The van der Waals surface area contributed by atoms with Gasteiger partial charge in [0.05, 0.1) is 7.11 Å². The van der Waals surface area contributed by atoms with Crippen LogP contribution in [0.15, 0.2) is 36.5 Å². The van der Waals surface area contributed by atoms with Gasteiger partial charge in [-0.05, 0) is 69.5 Å². The smallest absolute Gasteiger partial charge is 0.410 e. The number of halogens is 1. The number of benzene rings is 1. The SMILES string of the molecule is COc1ccc(F)cc1-c1ccnc2[nH]c(C3(O)CCN(C(=O)OC(C)(C)C)CC3)cc12. The Bertz CT molecular complexity index is 1140. The molecule has 2 N–H and O–H groups in total. The molecule has 1 aromatic carbocycles. The number of carbonyl (C=O) groups is 1. The summed E-state index contributed by atoms with van der Waals surface area (Å²) in [4.78, 5) is 21.6. The molecule has 0 aliphatic carbocycles. The summed E-state index contributed by atoms with van der Waals surface area (Å²) in [5.41, 5.74) is 0.865. The maximum Gasteiger partial charge on any atom is 0.410 e. The number of nitrogens with zero attached hydrogens (tertiary/aromatic N) is 2. The Kier molecular flexibility index (Phi) is 5.58. The Balaban J connectivity index is 1.63. The number of aliphatic hydroxyl groups is 1. The van der Waals surface area contributed by atoms with E-state index in [0.29, 0.717) is 48.6 Å². The van der Waals surface area contributed by atoms with Crippen LogP contribution in [0.25, 0.3) is 22.2 Å². The molecule has 0 spiro atoms. The summed E-state index contributed by atoms with van der Waals surface area (Å²) in [6.07, 6.45) is 1.98. The average molecular weight is 442 g/mol. The fourth-order valence-corrected chi connectivity index (χ4v) is 4.06. The number of piperidine rings is 1. The first-order valence-electron chi connectivity index (χ1n) is 10.6. The summed E-state index contributed by atoms with van der Waals surface area (Å²) in [5, 5.41) is 12.1. The molecular formula is C24H28FN3O4. The third-order valence-corrected chi connectivity index (χ3v) is 5.73. The summed E-state index contributed by atoms with van der Waals surface area (Å²) in [6, 6.07) is 8.01. The van der Waals surface area contributed by atoms with E-state index < -0.39 is 11.2 Å². The molecule has 4 rings (SSSR count). The Morgan fingerprint density at radius 1 is 1.19 bits per heavy atom. The zero-order valence-electron chi connectivity index (χ0n) is 18.7. The first-order chi connectivity index (χ1) is 15.1. The monoisotopic (exact) mass is 441 g/mol. The van der Waals surface area contributed by atoms with Gasteiger partial charge >= 0.3 is 6.09 Å². The highest BCUT2D eigenvalue weighted by atomic mass is 19.1. The number of hydrogen-bond donors (Lipinski definition) is 2. The minimum Gasteiger partial charge on any atom is -0.496 e. The van der Waals surface area contributed by atoms with Crippen molar-refractivity contribution in [1.29, 1.82) is 0 Å². The van der Waals surface area contributed by atoms with Gasteiger partial charge in [0.1, 0.15) is 28.4 Å². The van der Waals surface area contributed by atoms with Crippen molar-refractivity contribution in [3.63, 3.8) is 0 Å². The fraction of sp³-hybridized carbons (Fsp3) is 0.417. The molecule has 3 heterocycles. The first kappa shape index (κ1) is 22.1. The van der Waals surface area contributed by atoms with Crippen LogP contribution in [-0.4, -0.2) is 51.9 Å². The van der Waals surface area contributed by atoms with Crippen LogP contribution in [0.3, 0.4) is 0 Å². The van der Waals surface area contributed by atoms with Crippen molar-refractivity contribution < 1.29 is 23.8 Å². The molecule has 2 aromatic heterocycles. The summed E-state index contributed by atoms with van der Waals surface area (Å²) < 4.78 is 24.8. The number of nitrogens with one attached hydrogen (secondary N) is 1. The van der Waals surface area contributed by atoms with Crippen molar-refractivity contribution in [2.45, 2.75) is 44.8 Å². The van der Waals surface area contributed by atoms with Crippen molar-refractivity contribution in [2.24, 2.45) is 0 Å². The molecule has 3 aromatic rings. The van der Waals surface area contributed by atoms with Gasteiger partial charge in [-0.15, -0.1) is 0 Å². The van der Waals surface area contributed by atoms with Gasteiger partial charge in [0.25, 0.3) is 0 Å². The van der Waals surface area contributed by atoms with Gasteiger partial charge in [-0.1, -0.05) is 0 Å². The number of pyridine rings is 1. The van der Waals surface area contributed by atoms with Crippen LogP contribution in [-0.2, 0) is 10.3 Å². The van der Waals surface area contributed by atoms with Crippen LogP contribution in [0.5, 0.6) is 5.75 Å². The highest BCUT2D eigenvalue weighted by Gasteiger charge is 2.38. The lowest BCUT2D eigenvalue weighted by Gasteiger charge is -2.38. The molecule has 1 aliphatic heterocycles. The minimum atomic E-state index is -1.14. The normalized spacial score (nSPS) is 16.2. The molecule has 0 radical (unpaired) electrons. The first-order valence-corrected chi connectivity index (χ1v) is 10.6. The summed E-state index contributed by atoms with van der Waals surface area (Å²) in [5.74, 6) is 0.181. The van der Waals surface area contributed by atoms with E-state index in [9.17, 15) is 14.3 Å². The number of likely N-dealkylation sites (tertiary alicyclic amines) is 1. The number of aromatic amines is 1. The lowest BCUT2D eigenvalue weighted by Crippen LogP contribution is -2.46. The number of methoxy groups -OCH3 is 1. The number of H-pyrrole nitrogens is 1. The van der Waals surface area contributed by atoms with Crippen LogP contribution in [0.1, 0.15) is 39.3 Å². The molecule has 8 heteroatoms. The largest absolute Gasteiger partial charge is 0.496 e. The maximum atomic E-state index is 14.0. The number of amides is 1. The van der Waals surface area contributed by atoms with Crippen molar-refractivity contribution in [2.75, 3.05) is 20.2 Å². The predicted octanol–water partition coefficient (Wildman–Crippen LogP) is 4.60. The summed E-state index contributed by atoms with van der Waals surface area (Å²) in [6.45, 7) is 6.23. The molecule has 0 atom stereocenters. The van der Waals surface area contributed by atoms with E-state index >= 15 is 0 Å². The molecule has 0 unspecified atom stereocenters. The highest BCUT2D eigenvalue weighted by Crippen LogP contribution is 2.39. The van der Waals surface area contributed by atoms with E-state index in [0.717, 1.165) is 10.9 Å². The second kappa shape index (κ2) is 8.09. The third-order valence-electron chi connectivity index (χ3n) is 5.73. The van der Waals surface area contributed by atoms with Crippen LogP contribution in [0.4, 0.5) is 9.18 Å². The number of hydrogen-bond acceptors (Lipinski definition) is 5. The predicted molar refractivity (Wildman–Crippen MR) is 119 cm³/mol. The zero-order valence-corrected chi connectivity index (χ0v) is 18.7. The molecule has 1 fully saturated rings. The van der Waals surface area contributed by atoms with Gasteiger partial charge in [-0.3, -0.25) is 0 Å². The standard InChI is InChI=1S/C24H28FN3O4/c1-23(2,3)32-22(29)28-11-8-24(30,9-12-28)20-14-18-16(7-10-26-21(18)27-20)17-13-15(25)5-6-19(17)31-4/h5-7,10,13-14,30H,8-9,11-12H2,1-4H3,(H,26,27). The van der Waals surface area contributed by atoms with Gasteiger partial charge in [-0.25, -0.2) is 14.2 Å². The van der Waals surface area contributed by atoms with Gasteiger partial charge in [0, 0.05) is 35.9 Å². The summed E-state index contributed by atoms with van der Waals surface area (Å²) >= 11 is 0. The second-order valence-corrected chi connectivity index (χ2v) is 9.15. The van der Waals surface area contributed by atoms with Crippen LogP contribution < -0.4 is 4.74 Å². The fourth-order valence-electron chi connectivity index (χ4n) is 4.06. The third kappa shape index (κ3) is 4.27. The second-order valence-electron chi connectivity index (χ2n) is 9.15. The van der Waals surface area contributed by atoms with Crippen molar-refractivity contribution in [3.8, 4) is 16.9 Å². The number of rotatable bonds is 3. The topological polar surface area (TPSA) is 87.7 Å². The molecule has 1 amide bonds. The minimum absolute atomic E-state index is 0.359. The Morgan fingerprint density at radius 2 is 1.91 bits per heavy atom. The maximum absolute atomic E-state index is 14.0. The quantitative estimate of drug-likeness (QED) is 0.620. The van der Waals surface area contributed by atoms with Crippen LogP contribution in [0, 0.1) is 5.82 Å². The van der Waals surface area contributed by atoms with Gasteiger partial charge in [0.2, 0.25) is 0 Å². The Hall–Kier alpha value is -3.13. The van der Waals surface area contributed by atoms with Crippen LogP contribution in [0.2, 0.25) is 0 Å². The number of aromatic nitrogens is 2. The van der Waals surface area contributed by atoms with E-state index in [1.807, 2.05) is 26.8 Å². The molecule has 32 heavy (non-hydrogen) atoms. The number of fused-ring (bicyclic) bond motifs is 1.